The molecule has 10 rings (SSSR count). The van der Waals surface area contributed by atoms with Gasteiger partial charge in [-0.05, 0) is 116 Å². The first-order valence-electron chi connectivity index (χ1n) is 22.7. The molecule has 3 aromatic carbocycles. The lowest BCUT2D eigenvalue weighted by Crippen LogP contribution is -2.44. The number of hydrogen-bond donors (Lipinski definition) is 4. The number of phenolic OH excluding ortho intramolecular Hbond substituents is 2. The van der Waals surface area contributed by atoms with Crippen LogP contribution in [0.2, 0.25) is 0 Å². The lowest BCUT2D eigenvalue weighted by molar-refractivity contribution is -0.172. The standard InChI is InChI=1S/C50H51N7O9/c1-5-32-34-21-31(10-11-39(34)51-44-36(32)25-56-41(44)23-38-37(46(56)60)26-65-47(61)50(38,64)6-2)66-49(63)55-17-13-28(14-18-55)8-7-16-54-19-15-29-20-30(9-12-40(29)54)57-45(52-53-48(57)62)35-22-33(27(3)4)42(58)24-43(35)59/h9-12,15,19-24,27-28,58-59,64H,5-8,13-14,16-18,25-26H2,1-4H3,(H,53,62). The molecule has 1 amide bonds. The number of amides is 1. The van der Waals surface area contributed by atoms with Crippen molar-refractivity contribution in [3.05, 3.63) is 116 Å². The van der Waals surface area contributed by atoms with E-state index in [4.69, 9.17) is 14.5 Å². The highest BCUT2D eigenvalue weighted by Gasteiger charge is 2.45. The summed E-state index contributed by atoms with van der Waals surface area (Å²) in [4.78, 5) is 59.6. The number of carbonyl (C=O) groups is 2. The van der Waals surface area contributed by atoms with Gasteiger partial charge >= 0.3 is 17.8 Å². The topological polar surface area (TPSA) is 207 Å². The number of benzene rings is 3. The lowest BCUT2D eigenvalue weighted by atomic mass is 9.86. The number of carbonyl (C=O) groups excluding carboxylic acids is 2. The number of H-pyrrole nitrogens is 1. The summed E-state index contributed by atoms with van der Waals surface area (Å²) < 4.78 is 16.4. The van der Waals surface area contributed by atoms with E-state index in [2.05, 4.69) is 14.8 Å². The minimum atomic E-state index is -1.90. The summed E-state index contributed by atoms with van der Waals surface area (Å²) in [6, 6.07) is 17.9. The molecule has 7 heterocycles. The number of aromatic amines is 1. The van der Waals surface area contributed by atoms with Gasteiger partial charge in [-0.3, -0.25) is 4.79 Å². The second kappa shape index (κ2) is 16.3. The van der Waals surface area contributed by atoms with Crippen molar-refractivity contribution in [2.24, 2.45) is 5.92 Å². The number of nitrogens with one attached hydrogen (secondary N) is 1. The van der Waals surface area contributed by atoms with Crippen LogP contribution >= 0.6 is 0 Å². The summed E-state index contributed by atoms with van der Waals surface area (Å²) in [5.41, 5.74) is 4.23. The average Bonchev–Trinajstić information content (AvgIpc) is 4.01. The number of piperidine rings is 1. The number of cyclic esters (lactones) is 1. The maximum Gasteiger partial charge on any atom is 0.415 e. The molecule has 0 spiro atoms. The van der Waals surface area contributed by atoms with Gasteiger partial charge in [0.1, 0.15) is 23.9 Å². The van der Waals surface area contributed by atoms with E-state index >= 15 is 0 Å². The number of aliphatic hydroxyl groups is 1. The minimum absolute atomic E-state index is 0.0137. The Morgan fingerprint density at radius 1 is 0.985 bits per heavy atom. The van der Waals surface area contributed by atoms with Crippen LogP contribution in [-0.4, -0.2) is 74.3 Å². The van der Waals surface area contributed by atoms with Crippen molar-refractivity contribution in [3.63, 3.8) is 0 Å². The molecule has 0 saturated carbocycles. The zero-order chi connectivity index (χ0) is 46.2. The number of phenols is 2. The molecule has 1 saturated heterocycles. The predicted molar refractivity (Wildman–Crippen MR) is 246 cm³/mol. The summed E-state index contributed by atoms with van der Waals surface area (Å²) >= 11 is 0. The number of aromatic nitrogens is 6. The molecule has 3 aliphatic rings. The van der Waals surface area contributed by atoms with E-state index in [1.807, 2.05) is 63.4 Å². The van der Waals surface area contributed by atoms with Crippen LogP contribution in [0.1, 0.15) is 93.5 Å². The van der Waals surface area contributed by atoms with E-state index in [0.717, 1.165) is 59.6 Å². The minimum Gasteiger partial charge on any atom is -0.508 e. The SMILES string of the molecule is CCc1c2c(nc3ccc(OC(=O)N4CCC(CCCn5ccc6cc(-n7c(-c8cc(C(C)C)c(O)cc8O)n[nH]c7=O)ccc65)CC4)cc13)-c1cc3c(c(=O)n1C2)COC(=O)C3(O)CC. The van der Waals surface area contributed by atoms with Crippen molar-refractivity contribution in [1.29, 1.82) is 0 Å². The Labute approximate surface area is 378 Å². The van der Waals surface area contributed by atoms with Gasteiger partial charge in [-0.25, -0.2) is 29.0 Å². The van der Waals surface area contributed by atoms with Gasteiger partial charge in [-0.1, -0.05) is 27.7 Å². The zero-order valence-corrected chi connectivity index (χ0v) is 37.3. The number of aryl methyl sites for hydroxylation is 2. The Balaban J connectivity index is 0.770. The van der Waals surface area contributed by atoms with Gasteiger partial charge < -0.3 is 38.8 Å². The number of ether oxygens (including phenoxy) is 2. The fourth-order valence-corrected chi connectivity index (χ4v) is 10.2. The predicted octanol–water partition coefficient (Wildman–Crippen LogP) is 7.36. The highest BCUT2D eigenvalue weighted by molar-refractivity contribution is 5.90. The second-order valence-corrected chi connectivity index (χ2v) is 18.0. The maximum absolute atomic E-state index is 13.7. The van der Waals surface area contributed by atoms with E-state index in [0.29, 0.717) is 64.9 Å². The molecule has 0 bridgehead atoms. The molecule has 1 fully saturated rings. The molecule has 16 heteroatoms. The smallest absolute Gasteiger partial charge is 0.415 e. The van der Waals surface area contributed by atoms with Crippen molar-refractivity contribution in [3.8, 4) is 45.7 Å². The van der Waals surface area contributed by atoms with Crippen molar-refractivity contribution < 1.29 is 34.4 Å². The van der Waals surface area contributed by atoms with Crippen molar-refractivity contribution in [2.75, 3.05) is 13.1 Å². The molecule has 7 aromatic rings. The van der Waals surface area contributed by atoms with Gasteiger partial charge in [0.2, 0.25) is 0 Å². The van der Waals surface area contributed by atoms with Crippen molar-refractivity contribution in [1.82, 2.24) is 33.8 Å². The van der Waals surface area contributed by atoms with Crippen LogP contribution < -0.4 is 16.0 Å². The molecule has 340 valence electrons. The molecule has 66 heavy (non-hydrogen) atoms. The number of esters is 1. The quantitative estimate of drug-likeness (QED) is 0.0998. The summed E-state index contributed by atoms with van der Waals surface area (Å²) in [6.45, 7) is 9.68. The van der Waals surface area contributed by atoms with Gasteiger partial charge in [-0.2, -0.15) is 5.10 Å². The van der Waals surface area contributed by atoms with E-state index < -0.39 is 23.4 Å². The number of likely N-dealkylation sites (tertiary alicyclic amines) is 1. The molecular formula is C50H51N7O9. The molecular weight excluding hydrogens is 843 g/mol. The summed E-state index contributed by atoms with van der Waals surface area (Å²) in [6.07, 6.45) is 6.06. The molecule has 1 unspecified atom stereocenters. The van der Waals surface area contributed by atoms with Crippen LogP contribution in [-0.2, 0) is 41.2 Å². The Kier molecular flexibility index (Phi) is 10.6. The van der Waals surface area contributed by atoms with Crippen LogP contribution in [0.4, 0.5) is 4.79 Å². The third kappa shape index (κ3) is 7.01. The maximum atomic E-state index is 13.7. The van der Waals surface area contributed by atoms with Gasteiger partial charge in [0, 0.05) is 59.3 Å². The normalized spacial score (nSPS) is 17.1. The first kappa shape index (κ1) is 42.7. The summed E-state index contributed by atoms with van der Waals surface area (Å²) in [5.74, 6) is 0.157. The van der Waals surface area contributed by atoms with Crippen LogP contribution in [0.3, 0.4) is 0 Å². The molecule has 0 aliphatic carbocycles. The number of fused-ring (bicyclic) bond motifs is 6. The van der Waals surface area contributed by atoms with Crippen LogP contribution in [0, 0.1) is 5.92 Å². The van der Waals surface area contributed by atoms with Crippen LogP contribution in [0.5, 0.6) is 17.2 Å². The molecule has 4 N–H and O–H groups in total. The Morgan fingerprint density at radius 2 is 1.79 bits per heavy atom. The fraction of sp³-hybridized carbons (Fsp3) is 0.360. The Morgan fingerprint density at radius 3 is 2.55 bits per heavy atom. The zero-order valence-electron chi connectivity index (χ0n) is 37.3. The van der Waals surface area contributed by atoms with Gasteiger partial charge in [-0.15, -0.1) is 0 Å². The third-order valence-corrected chi connectivity index (χ3v) is 13.9. The Hall–Kier alpha value is -7.20. The van der Waals surface area contributed by atoms with Crippen molar-refractivity contribution in [2.45, 2.75) is 97.4 Å². The first-order chi connectivity index (χ1) is 31.8. The monoisotopic (exact) mass is 893 g/mol. The highest BCUT2D eigenvalue weighted by atomic mass is 16.6. The largest absolute Gasteiger partial charge is 0.508 e. The van der Waals surface area contributed by atoms with Crippen molar-refractivity contribution >= 4 is 33.9 Å². The molecule has 16 nitrogen and oxygen atoms in total. The highest BCUT2D eigenvalue weighted by Crippen LogP contribution is 2.42. The Bertz CT molecular complexity index is 3240. The van der Waals surface area contributed by atoms with E-state index in [1.54, 1.807) is 34.6 Å². The number of rotatable bonds is 10. The van der Waals surface area contributed by atoms with E-state index in [9.17, 15) is 34.5 Å². The number of nitrogens with zero attached hydrogens (tertiary/aromatic N) is 6. The molecule has 3 aliphatic heterocycles. The average molecular weight is 894 g/mol. The molecule has 4 aromatic heterocycles. The molecule has 1 atom stereocenters. The summed E-state index contributed by atoms with van der Waals surface area (Å²) in [5, 5.41) is 40.9. The second-order valence-electron chi connectivity index (χ2n) is 18.0. The first-order valence-corrected chi connectivity index (χ1v) is 22.7. The van der Waals surface area contributed by atoms with E-state index in [1.165, 1.54) is 10.6 Å². The van der Waals surface area contributed by atoms with E-state index in [-0.39, 0.29) is 59.5 Å². The summed E-state index contributed by atoms with van der Waals surface area (Å²) in [7, 11) is 0. The third-order valence-electron chi connectivity index (χ3n) is 13.9. The number of aromatic hydroxyl groups is 2. The van der Waals surface area contributed by atoms with Crippen LogP contribution in [0.25, 0.3) is 50.3 Å². The number of pyridine rings is 2. The lowest BCUT2D eigenvalue weighted by Gasteiger charge is -2.31. The fourth-order valence-electron chi connectivity index (χ4n) is 10.2. The van der Waals surface area contributed by atoms with Gasteiger partial charge in [0.15, 0.2) is 11.4 Å². The van der Waals surface area contributed by atoms with Crippen LogP contribution in [0.15, 0.2) is 76.4 Å². The van der Waals surface area contributed by atoms with Gasteiger partial charge in [0.05, 0.1) is 40.3 Å². The van der Waals surface area contributed by atoms with Gasteiger partial charge in [0.25, 0.3) is 5.56 Å². The number of hydrogen-bond acceptors (Lipinski definition) is 11. The molecule has 0 radical (unpaired) electrons.